The van der Waals surface area contributed by atoms with Crippen LogP contribution in [0.15, 0.2) is 28.8 Å². The van der Waals surface area contributed by atoms with E-state index in [1.807, 2.05) is 6.92 Å². The molecule has 1 rings (SSSR count). The van der Waals surface area contributed by atoms with E-state index in [0.29, 0.717) is 10.0 Å². The molecule has 0 radical (unpaired) electrons. The smallest absolute Gasteiger partial charge is 0.312 e. The zero-order valence-electron chi connectivity index (χ0n) is 10.9. The van der Waals surface area contributed by atoms with Gasteiger partial charge >= 0.3 is 5.69 Å². The van der Waals surface area contributed by atoms with Crippen molar-refractivity contribution in [3.63, 3.8) is 0 Å². The maximum atomic E-state index is 11.1. The number of aliphatic hydroxyl groups is 1. The summed E-state index contributed by atoms with van der Waals surface area (Å²) in [5.41, 5.74) is 1.04. The lowest BCUT2D eigenvalue weighted by Gasteiger charge is -2.14. The fraction of sp³-hybridized carbons (Fsp3) is 0.385. The minimum Gasteiger partial charge on any atom is -0.482 e. The Morgan fingerprint density at radius 2 is 2.26 bits per heavy atom. The van der Waals surface area contributed by atoms with Gasteiger partial charge in [0.05, 0.1) is 11.0 Å². The molecular weight excluding hydrogens is 314 g/mol. The Kier molecular flexibility index (Phi) is 5.50. The molecule has 6 heteroatoms. The summed E-state index contributed by atoms with van der Waals surface area (Å²) < 4.78 is 6.00. The lowest BCUT2D eigenvalue weighted by molar-refractivity contribution is -0.386. The number of benzene rings is 1. The van der Waals surface area contributed by atoms with Crippen molar-refractivity contribution >= 4 is 21.6 Å². The molecule has 1 atom stereocenters. The Balaban J connectivity index is 3.23. The molecule has 0 saturated heterocycles. The monoisotopic (exact) mass is 329 g/mol. The first kappa shape index (κ1) is 15.7. The first-order chi connectivity index (χ1) is 8.86. The number of hydrogen-bond acceptors (Lipinski definition) is 4. The van der Waals surface area contributed by atoms with Crippen LogP contribution in [0.4, 0.5) is 5.69 Å². The van der Waals surface area contributed by atoms with Gasteiger partial charge in [-0.15, -0.1) is 0 Å². The minimum absolute atomic E-state index is 0.0952. The van der Waals surface area contributed by atoms with Crippen LogP contribution >= 0.6 is 15.9 Å². The maximum Gasteiger partial charge on any atom is 0.312 e. The predicted octanol–water partition coefficient (Wildman–Crippen LogP) is 3.76. The SMILES string of the molecule is C=C(CC)COc1c(C(C)O)cc(Br)cc1[N+](=O)[O-]. The van der Waals surface area contributed by atoms with Gasteiger partial charge in [-0.3, -0.25) is 10.1 Å². The molecule has 0 aliphatic carbocycles. The molecule has 0 amide bonds. The Morgan fingerprint density at radius 3 is 2.74 bits per heavy atom. The van der Waals surface area contributed by atoms with Crippen molar-refractivity contribution in [3.8, 4) is 5.75 Å². The number of rotatable bonds is 6. The maximum absolute atomic E-state index is 11.1. The predicted molar refractivity (Wildman–Crippen MR) is 76.4 cm³/mol. The normalized spacial score (nSPS) is 12.0. The number of nitro groups is 1. The largest absolute Gasteiger partial charge is 0.482 e. The van der Waals surface area contributed by atoms with Gasteiger partial charge in [0.2, 0.25) is 5.75 Å². The van der Waals surface area contributed by atoms with E-state index in [2.05, 4.69) is 22.5 Å². The Labute approximate surface area is 120 Å². The van der Waals surface area contributed by atoms with E-state index in [4.69, 9.17) is 4.74 Å². The van der Waals surface area contributed by atoms with E-state index in [9.17, 15) is 15.2 Å². The molecule has 1 aromatic rings. The molecule has 0 saturated carbocycles. The van der Waals surface area contributed by atoms with Crippen molar-refractivity contribution in [1.82, 2.24) is 0 Å². The van der Waals surface area contributed by atoms with Crippen LogP contribution in [-0.2, 0) is 0 Å². The molecule has 1 N–H and O–H groups in total. The lowest BCUT2D eigenvalue weighted by atomic mass is 10.1. The molecule has 5 nitrogen and oxygen atoms in total. The van der Waals surface area contributed by atoms with Crippen LogP contribution in [0.5, 0.6) is 5.75 Å². The summed E-state index contributed by atoms with van der Waals surface area (Å²) in [5, 5.41) is 20.8. The summed E-state index contributed by atoms with van der Waals surface area (Å²) in [6.45, 7) is 7.44. The van der Waals surface area contributed by atoms with Gasteiger partial charge in [-0.1, -0.05) is 29.4 Å². The van der Waals surface area contributed by atoms with E-state index in [1.165, 1.54) is 13.0 Å². The van der Waals surface area contributed by atoms with E-state index in [0.717, 1.165) is 12.0 Å². The Bertz CT molecular complexity index is 500. The van der Waals surface area contributed by atoms with Crippen molar-refractivity contribution in [2.24, 2.45) is 0 Å². The Hall–Kier alpha value is -1.40. The summed E-state index contributed by atoms with van der Waals surface area (Å²) in [5.74, 6) is 0.0952. The first-order valence-electron chi connectivity index (χ1n) is 5.82. The van der Waals surface area contributed by atoms with E-state index < -0.39 is 11.0 Å². The average molecular weight is 330 g/mol. The van der Waals surface area contributed by atoms with Gasteiger partial charge in [0.1, 0.15) is 6.61 Å². The molecule has 0 aromatic heterocycles. The van der Waals surface area contributed by atoms with Crippen LogP contribution in [0.3, 0.4) is 0 Å². The molecule has 0 fully saturated rings. The van der Waals surface area contributed by atoms with Gasteiger partial charge in [-0.05, 0) is 25.0 Å². The van der Waals surface area contributed by atoms with E-state index in [1.54, 1.807) is 6.07 Å². The highest BCUT2D eigenvalue weighted by Gasteiger charge is 2.23. The quantitative estimate of drug-likeness (QED) is 0.490. The molecular formula is C13H16BrNO4. The van der Waals surface area contributed by atoms with E-state index in [-0.39, 0.29) is 18.0 Å². The first-order valence-corrected chi connectivity index (χ1v) is 6.61. The van der Waals surface area contributed by atoms with Crippen molar-refractivity contribution in [2.45, 2.75) is 26.4 Å². The summed E-state index contributed by atoms with van der Waals surface area (Å²) in [4.78, 5) is 10.5. The van der Waals surface area contributed by atoms with Crippen LogP contribution in [0.2, 0.25) is 0 Å². The second kappa shape index (κ2) is 6.68. The fourth-order valence-corrected chi connectivity index (χ4v) is 1.94. The van der Waals surface area contributed by atoms with E-state index >= 15 is 0 Å². The number of aliphatic hydroxyl groups excluding tert-OH is 1. The van der Waals surface area contributed by atoms with Crippen molar-refractivity contribution in [3.05, 3.63) is 44.4 Å². The highest BCUT2D eigenvalue weighted by Crippen LogP contribution is 2.38. The zero-order valence-corrected chi connectivity index (χ0v) is 12.4. The molecule has 1 unspecified atom stereocenters. The third-order valence-electron chi connectivity index (χ3n) is 2.63. The summed E-state index contributed by atoms with van der Waals surface area (Å²) in [6, 6.07) is 2.97. The van der Waals surface area contributed by atoms with Gasteiger partial charge in [0, 0.05) is 16.1 Å². The van der Waals surface area contributed by atoms with Crippen molar-refractivity contribution in [2.75, 3.05) is 6.61 Å². The van der Waals surface area contributed by atoms with Gasteiger partial charge in [0.15, 0.2) is 0 Å². The minimum atomic E-state index is -0.860. The average Bonchev–Trinajstić information content (AvgIpc) is 2.35. The van der Waals surface area contributed by atoms with Crippen LogP contribution in [0, 0.1) is 10.1 Å². The molecule has 1 aromatic carbocycles. The summed E-state index contributed by atoms with van der Waals surface area (Å²) >= 11 is 3.19. The zero-order chi connectivity index (χ0) is 14.6. The fourth-order valence-electron chi connectivity index (χ4n) is 1.48. The standard InChI is InChI=1S/C13H16BrNO4/c1-4-8(2)7-19-13-11(9(3)16)5-10(14)6-12(13)15(17)18/h5-6,9,16H,2,4,7H2,1,3H3. The third kappa shape index (κ3) is 4.04. The second-order valence-electron chi connectivity index (χ2n) is 4.17. The van der Waals surface area contributed by atoms with Gasteiger partial charge < -0.3 is 9.84 Å². The highest BCUT2D eigenvalue weighted by atomic mass is 79.9. The number of ether oxygens (including phenoxy) is 1. The van der Waals surface area contributed by atoms with Crippen LogP contribution in [0.1, 0.15) is 31.9 Å². The third-order valence-corrected chi connectivity index (χ3v) is 3.09. The molecule has 0 heterocycles. The lowest BCUT2D eigenvalue weighted by Crippen LogP contribution is -2.06. The number of halogens is 1. The van der Waals surface area contributed by atoms with Gasteiger partial charge in [0.25, 0.3) is 0 Å². The molecule has 0 bridgehead atoms. The van der Waals surface area contributed by atoms with Gasteiger partial charge in [-0.25, -0.2) is 0 Å². The van der Waals surface area contributed by atoms with Crippen LogP contribution < -0.4 is 4.74 Å². The highest BCUT2D eigenvalue weighted by molar-refractivity contribution is 9.10. The topological polar surface area (TPSA) is 72.6 Å². The number of hydrogen-bond donors (Lipinski definition) is 1. The summed E-state index contributed by atoms with van der Waals surface area (Å²) in [6.07, 6.45) is -0.130. The molecule has 0 spiro atoms. The number of nitro benzene ring substituents is 1. The molecule has 19 heavy (non-hydrogen) atoms. The van der Waals surface area contributed by atoms with Gasteiger partial charge in [-0.2, -0.15) is 0 Å². The molecule has 0 aliphatic heterocycles. The molecule has 104 valence electrons. The van der Waals surface area contributed by atoms with Crippen molar-refractivity contribution < 1.29 is 14.8 Å². The van der Waals surface area contributed by atoms with Crippen LogP contribution in [-0.4, -0.2) is 16.6 Å². The van der Waals surface area contributed by atoms with Crippen LogP contribution in [0.25, 0.3) is 0 Å². The van der Waals surface area contributed by atoms with Crippen molar-refractivity contribution in [1.29, 1.82) is 0 Å². The molecule has 0 aliphatic rings. The second-order valence-corrected chi connectivity index (χ2v) is 5.08. The number of nitrogens with zero attached hydrogens (tertiary/aromatic N) is 1. The Morgan fingerprint density at radius 1 is 1.63 bits per heavy atom. The summed E-state index contributed by atoms with van der Waals surface area (Å²) in [7, 11) is 0.